The van der Waals surface area contributed by atoms with Crippen LogP contribution in [-0.4, -0.2) is 22.4 Å². The average Bonchev–Trinajstić information content (AvgIpc) is 2.20. The fraction of sp³-hybridized carbons (Fsp3) is 0. The molecular weight excluding hydrogens is 213 g/mol. The fourth-order valence-electron chi connectivity index (χ4n) is 0.842. The van der Waals surface area contributed by atoms with Crippen molar-refractivity contribution >= 4 is 23.2 Å². The first-order chi connectivity index (χ1) is 7.52. The quantitative estimate of drug-likeness (QED) is 0.275. The molecule has 7 nitrogen and oxygen atoms in total. The van der Waals surface area contributed by atoms with E-state index in [-0.39, 0.29) is 11.5 Å². The summed E-state index contributed by atoms with van der Waals surface area (Å²) < 4.78 is 13.1. The smallest absolute Gasteiger partial charge is 0.182 e. The Morgan fingerprint density at radius 2 is 2.00 bits per heavy atom. The van der Waals surface area contributed by atoms with E-state index in [0.717, 1.165) is 0 Å². The summed E-state index contributed by atoms with van der Waals surface area (Å²) in [5.41, 5.74) is 12.2. The van der Waals surface area contributed by atoms with Crippen molar-refractivity contribution in [2.24, 2.45) is 16.6 Å². The molecule has 1 rings (SSSR count). The first-order valence-corrected chi connectivity index (χ1v) is 4.15. The van der Waals surface area contributed by atoms with Crippen LogP contribution in [-0.2, 0) is 0 Å². The number of rotatable bonds is 4. The van der Waals surface area contributed by atoms with Gasteiger partial charge in [0.05, 0.1) is 0 Å². The molecule has 1 aromatic heterocycles. The number of aromatic nitrogens is 1. The van der Waals surface area contributed by atoms with Crippen molar-refractivity contribution in [1.29, 1.82) is 10.8 Å². The van der Waals surface area contributed by atoms with E-state index in [2.05, 4.69) is 15.5 Å². The molecule has 1 aromatic rings. The molecule has 0 bridgehead atoms. The lowest BCUT2D eigenvalue weighted by molar-refractivity contribution is 0.625. The van der Waals surface area contributed by atoms with Gasteiger partial charge in [-0.25, -0.2) is 9.37 Å². The van der Waals surface area contributed by atoms with Gasteiger partial charge in [-0.1, -0.05) is 0 Å². The van der Waals surface area contributed by atoms with Gasteiger partial charge in [-0.3, -0.25) is 16.2 Å². The Bertz CT molecular complexity index is 437. The maximum absolute atomic E-state index is 13.1. The van der Waals surface area contributed by atoms with Gasteiger partial charge in [0.15, 0.2) is 17.3 Å². The van der Waals surface area contributed by atoms with Crippen LogP contribution >= 0.6 is 0 Å². The Balaban J connectivity index is 2.90. The Labute approximate surface area is 90.4 Å². The SMILES string of the molecule is N=C(N)C(=NNc1ncccc1F)C(=N)N. The van der Waals surface area contributed by atoms with Crippen molar-refractivity contribution in [3.63, 3.8) is 0 Å². The van der Waals surface area contributed by atoms with Gasteiger partial charge in [0.25, 0.3) is 0 Å². The molecule has 0 atom stereocenters. The first-order valence-electron chi connectivity index (χ1n) is 4.15. The average molecular weight is 223 g/mol. The van der Waals surface area contributed by atoms with Gasteiger partial charge in [-0.15, -0.1) is 0 Å². The summed E-state index contributed by atoms with van der Waals surface area (Å²) in [6, 6.07) is 2.60. The van der Waals surface area contributed by atoms with Gasteiger partial charge in [0.1, 0.15) is 11.7 Å². The summed E-state index contributed by atoms with van der Waals surface area (Å²) >= 11 is 0. The normalized spacial score (nSPS) is 9.31. The lowest BCUT2D eigenvalue weighted by atomic mass is 10.3. The highest BCUT2D eigenvalue weighted by Crippen LogP contribution is 2.07. The van der Waals surface area contributed by atoms with Crippen molar-refractivity contribution < 1.29 is 4.39 Å². The second-order valence-corrected chi connectivity index (χ2v) is 2.73. The van der Waals surface area contributed by atoms with E-state index < -0.39 is 17.5 Å². The van der Waals surface area contributed by atoms with Crippen LogP contribution in [0.15, 0.2) is 23.4 Å². The number of nitrogens with one attached hydrogen (secondary N) is 3. The third-order valence-electron chi connectivity index (χ3n) is 1.54. The summed E-state index contributed by atoms with van der Waals surface area (Å²) in [6.07, 6.45) is 1.36. The minimum atomic E-state index is -0.613. The summed E-state index contributed by atoms with van der Waals surface area (Å²) in [5.74, 6) is -1.73. The largest absolute Gasteiger partial charge is 0.382 e. The molecule has 0 amide bonds. The zero-order valence-corrected chi connectivity index (χ0v) is 8.16. The van der Waals surface area contributed by atoms with Crippen LogP contribution in [0.4, 0.5) is 10.2 Å². The highest BCUT2D eigenvalue weighted by molar-refractivity contribution is 6.66. The first kappa shape index (κ1) is 11.6. The Morgan fingerprint density at radius 1 is 1.38 bits per heavy atom. The summed E-state index contributed by atoms with van der Waals surface area (Å²) in [7, 11) is 0. The topological polar surface area (TPSA) is 137 Å². The molecular formula is C8H10FN7. The second-order valence-electron chi connectivity index (χ2n) is 2.73. The Kier molecular flexibility index (Phi) is 3.49. The number of hydrogen-bond donors (Lipinski definition) is 5. The van der Waals surface area contributed by atoms with Crippen molar-refractivity contribution in [3.05, 3.63) is 24.1 Å². The maximum atomic E-state index is 13.1. The van der Waals surface area contributed by atoms with Crippen LogP contribution in [0.1, 0.15) is 0 Å². The van der Waals surface area contributed by atoms with E-state index in [1.807, 2.05) is 0 Å². The number of halogens is 1. The van der Waals surface area contributed by atoms with Gasteiger partial charge in [-0.05, 0) is 12.1 Å². The lowest BCUT2D eigenvalue weighted by Crippen LogP contribution is -2.35. The van der Waals surface area contributed by atoms with Gasteiger partial charge < -0.3 is 11.5 Å². The van der Waals surface area contributed by atoms with Crippen molar-refractivity contribution in [3.8, 4) is 0 Å². The third kappa shape index (κ3) is 2.74. The molecule has 7 N–H and O–H groups in total. The zero-order valence-electron chi connectivity index (χ0n) is 8.16. The molecule has 84 valence electrons. The van der Waals surface area contributed by atoms with Crippen molar-refractivity contribution in [2.45, 2.75) is 0 Å². The molecule has 16 heavy (non-hydrogen) atoms. The van der Waals surface area contributed by atoms with Gasteiger partial charge in [0, 0.05) is 6.20 Å². The molecule has 0 aliphatic rings. The van der Waals surface area contributed by atoms with E-state index in [1.54, 1.807) is 0 Å². The molecule has 0 unspecified atom stereocenters. The molecule has 0 aliphatic heterocycles. The van der Waals surface area contributed by atoms with Gasteiger partial charge in [-0.2, -0.15) is 5.10 Å². The minimum absolute atomic E-state index is 0.137. The van der Waals surface area contributed by atoms with E-state index in [0.29, 0.717) is 0 Å². The number of nitrogens with zero attached hydrogens (tertiary/aromatic N) is 2. The fourth-order valence-corrected chi connectivity index (χ4v) is 0.842. The highest BCUT2D eigenvalue weighted by Gasteiger charge is 2.08. The van der Waals surface area contributed by atoms with E-state index in [9.17, 15) is 4.39 Å². The third-order valence-corrected chi connectivity index (χ3v) is 1.54. The number of hydrazone groups is 1. The molecule has 0 aromatic carbocycles. The molecule has 0 aliphatic carbocycles. The van der Waals surface area contributed by atoms with Crippen molar-refractivity contribution in [2.75, 3.05) is 5.43 Å². The summed E-state index contributed by atoms with van der Waals surface area (Å²) in [5, 5.41) is 17.7. The van der Waals surface area contributed by atoms with Crippen LogP contribution in [0.3, 0.4) is 0 Å². The van der Waals surface area contributed by atoms with Gasteiger partial charge in [0.2, 0.25) is 0 Å². The number of anilines is 1. The van der Waals surface area contributed by atoms with E-state index in [1.165, 1.54) is 18.3 Å². The predicted octanol–water partition coefficient (Wildman–Crippen LogP) is -0.139. The lowest BCUT2D eigenvalue weighted by Gasteiger charge is -2.03. The van der Waals surface area contributed by atoms with Crippen LogP contribution in [0.5, 0.6) is 0 Å². The van der Waals surface area contributed by atoms with Crippen LogP contribution < -0.4 is 16.9 Å². The molecule has 0 saturated heterocycles. The summed E-state index contributed by atoms with van der Waals surface area (Å²) in [4.78, 5) is 3.65. The van der Waals surface area contributed by atoms with Gasteiger partial charge >= 0.3 is 0 Å². The van der Waals surface area contributed by atoms with E-state index >= 15 is 0 Å². The molecule has 0 fully saturated rings. The maximum Gasteiger partial charge on any atom is 0.182 e. The highest BCUT2D eigenvalue weighted by atomic mass is 19.1. The summed E-state index contributed by atoms with van der Waals surface area (Å²) in [6.45, 7) is 0. The number of hydrogen-bond acceptors (Lipinski definition) is 5. The minimum Gasteiger partial charge on any atom is -0.382 e. The van der Waals surface area contributed by atoms with Crippen LogP contribution in [0, 0.1) is 16.6 Å². The van der Waals surface area contributed by atoms with Crippen molar-refractivity contribution in [1.82, 2.24) is 4.98 Å². The van der Waals surface area contributed by atoms with Crippen LogP contribution in [0.25, 0.3) is 0 Å². The Morgan fingerprint density at radius 3 is 2.50 bits per heavy atom. The molecule has 1 heterocycles. The molecule has 0 radical (unpaired) electrons. The number of pyridine rings is 1. The second kappa shape index (κ2) is 4.82. The predicted molar refractivity (Wildman–Crippen MR) is 59.1 cm³/mol. The molecule has 0 saturated carbocycles. The standard InChI is InChI=1S/C8H10FN7/c9-4-2-1-3-14-8(4)16-15-5(6(10)11)7(12)13/h1-3H,(H3,10,11)(H3,12,13)(H,14,16). The molecule has 0 spiro atoms. The zero-order chi connectivity index (χ0) is 12.1. The number of nitrogens with two attached hydrogens (primary N) is 2. The number of amidine groups is 2. The van der Waals surface area contributed by atoms with Crippen LogP contribution in [0.2, 0.25) is 0 Å². The Hall–Kier alpha value is -2.51. The van der Waals surface area contributed by atoms with E-state index in [4.69, 9.17) is 22.3 Å². The molecule has 8 heteroatoms. The monoisotopic (exact) mass is 223 g/mol.